The maximum Gasteiger partial charge on any atom is 0.338 e. The van der Waals surface area contributed by atoms with E-state index in [1.807, 2.05) is 0 Å². The number of benzene rings is 1. The van der Waals surface area contributed by atoms with E-state index in [1.54, 1.807) is 24.3 Å². The molecule has 1 aliphatic carbocycles. The molecule has 1 aromatic carbocycles. The van der Waals surface area contributed by atoms with Crippen molar-refractivity contribution in [3.8, 4) is 23.7 Å². The van der Waals surface area contributed by atoms with E-state index in [-0.39, 0.29) is 0 Å². The first-order valence-corrected chi connectivity index (χ1v) is 8.16. The molecule has 0 aromatic heterocycles. The predicted octanol–water partition coefficient (Wildman–Crippen LogP) is 0.811. The van der Waals surface area contributed by atoms with Crippen LogP contribution in [-0.4, -0.2) is 49.9 Å². The molecule has 0 heterocycles. The average molecular weight is 352 g/mol. The zero-order valence-corrected chi connectivity index (χ0v) is 15.0. The molecule has 6 heteroatoms. The summed E-state index contributed by atoms with van der Waals surface area (Å²) in [4.78, 5) is 37.3. The number of likely N-dealkylation sites (N-methyl/N-ethyl adjacent to an activating group) is 2. The van der Waals surface area contributed by atoms with Gasteiger partial charge in [-0.05, 0) is 48.9 Å². The smallest absolute Gasteiger partial charge is 0.338 e. The van der Waals surface area contributed by atoms with Crippen molar-refractivity contribution in [3.05, 3.63) is 35.4 Å². The molecule has 1 unspecified atom stereocenters. The molecular formula is C20H20N2O4. The van der Waals surface area contributed by atoms with Crippen LogP contribution in [0.2, 0.25) is 0 Å². The Morgan fingerprint density at radius 2 is 1.85 bits per heavy atom. The van der Waals surface area contributed by atoms with Crippen LogP contribution >= 0.6 is 0 Å². The summed E-state index contributed by atoms with van der Waals surface area (Å²) in [6.45, 7) is 0. The molecule has 6 nitrogen and oxygen atoms in total. The monoisotopic (exact) mass is 352 g/mol. The molecule has 1 atom stereocenters. The Morgan fingerprint density at radius 1 is 1.19 bits per heavy atom. The van der Waals surface area contributed by atoms with Gasteiger partial charge in [-0.1, -0.05) is 11.8 Å². The van der Waals surface area contributed by atoms with E-state index in [4.69, 9.17) is 0 Å². The van der Waals surface area contributed by atoms with E-state index < -0.39 is 23.8 Å². The minimum Gasteiger partial charge on any atom is -0.467 e. The molecule has 0 bridgehead atoms. The summed E-state index contributed by atoms with van der Waals surface area (Å²) in [5, 5.41) is 2.35. The molecule has 134 valence electrons. The van der Waals surface area contributed by atoms with Crippen LogP contribution in [0.4, 0.5) is 0 Å². The van der Waals surface area contributed by atoms with Gasteiger partial charge in [-0.15, -0.1) is 0 Å². The summed E-state index contributed by atoms with van der Waals surface area (Å²) in [5.41, 5.74) is 1.06. The van der Waals surface area contributed by atoms with Gasteiger partial charge in [0.05, 0.1) is 7.11 Å². The number of nitrogens with one attached hydrogen (secondary N) is 1. The van der Waals surface area contributed by atoms with Gasteiger partial charge in [-0.25, -0.2) is 4.79 Å². The van der Waals surface area contributed by atoms with Crippen molar-refractivity contribution in [2.24, 2.45) is 5.92 Å². The van der Waals surface area contributed by atoms with Gasteiger partial charge < -0.3 is 15.0 Å². The van der Waals surface area contributed by atoms with E-state index in [0.29, 0.717) is 11.5 Å². The van der Waals surface area contributed by atoms with E-state index in [9.17, 15) is 14.4 Å². The molecule has 1 aromatic rings. The second-order valence-corrected chi connectivity index (χ2v) is 5.83. The molecule has 2 amide bonds. The summed E-state index contributed by atoms with van der Waals surface area (Å²) in [6, 6.07) is 5.22. The van der Waals surface area contributed by atoms with Crippen LogP contribution < -0.4 is 5.32 Å². The number of hydrogen-bond acceptors (Lipinski definition) is 4. The summed E-state index contributed by atoms with van der Waals surface area (Å²) >= 11 is 0. The molecule has 2 rings (SSSR count). The Bertz CT molecular complexity index is 801. The Morgan fingerprint density at radius 3 is 2.38 bits per heavy atom. The molecule has 1 fully saturated rings. The predicted molar refractivity (Wildman–Crippen MR) is 95.8 cm³/mol. The third kappa shape index (κ3) is 4.87. The number of carbonyl (C=O) groups is 3. The second kappa shape index (κ2) is 8.73. The average Bonchev–Trinajstić information content (AvgIpc) is 3.49. The van der Waals surface area contributed by atoms with Crippen LogP contribution in [0, 0.1) is 29.6 Å². The van der Waals surface area contributed by atoms with E-state index in [1.165, 1.54) is 14.1 Å². The molecule has 0 saturated heterocycles. The van der Waals surface area contributed by atoms with Crippen molar-refractivity contribution in [2.75, 3.05) is 21.2 Å². The summed E-state index contributed by atoms with van der Waals surface area (Å²) < 4.78 is 4.61. The molecule has 1 saturated carbocycles. The first-order valence-electron chi connectivity index (χ1n) is 8.16. The largest absolute Gasteiger partial charge is 0.467 e. The molecule has 0 radical (unpaired) electrons. The number of nitrogens with zero attached hydrogens (tertiary/aromatic N) is 1. The lowest BCUT2D eigenvalue weighted by atomic mass is 10.1. The van der Waals surface area contributed by atoms with E-state index in [0.717, 1.165) is 30.4 Å². The van der Waals surface area contributed by atoms with Crippen LogP contribution in [0.5, 0.6) is 0 Å². The lowest BCUT2D eigenvalue weighted by Gasteiger charge is -2.24. The molecular weight excluding hydrogens is 332 g/mol. The highest BCUT2D eigenvalue weighted by Crippen LogP contribution is 2.27. The number of amides is 2. The molecule has 0 spiro atoms. The quantitative estimate of drug-likeness (QED) is 0.494. The molecule has 1 aliphatic rings. The van der Waals surface area contributed by atoms with Crippen LogP contribution in [-0.2, 0) is 14.3 Å². The number of carbonyl (C=O) groups excluding carboxylic acids is 3. The van der Waals surface area contributed by atoms with Crippen molar-refractivity contribution < 1.29 is 19.1 Å². The maximum absolute atomic E-state index is 12.6. The van der Waals surface area contributed by atoms with Crippen molar-refractivity contribution in [1.82, 2.24) is 10.2 Å². The van der Waals surface area contributed by atoms with Crippen molar-refractivity contribution >= 4 is 17.8 Å². The Hall–Kier alpha value is -3.25. The van der Waals surface area contributed by atoms with Crippen molar-refractivity contribution in [2.45, 2.75) is 18.9 Å². The SMILES string of the molecule is CNC(=O)C(C(=O)OC)N(C)C(=O)c1ccc(C#CC#CC2CC2)cc1. The number of hydrogen-bond donors (Lipinski definition) is 1. The first kappa shape index (κ1) is 19.1. The first-order chi connectivity index (χ1) is 12.5. The van der Waals surface area contributed by atoms with Gasteiger partial charge in [0.25, 0.3) is 11.8 Å². The van der Waals surface area contributed by atoms with Gasteiger partial charge >= 0.3 is 5.97 Å². The fraction of sp³-hybridized carbons (Fsp3) is 0.350. The summed E-state index contributed by atoms with van der Waals surface area (Å²) in [7, 11) is 3.92. The lowest BCUT2D eigenvalue weighted by molar-refractivity contribution is -0.150. The van der Waals surface area contributed by atoms with Crippen molar-refractivity contribution in [1.29, 1.82) is 0 Å². The lowest BCUT2D eigenvalue weighted by Crippen LogP contribution is -2.51. The Balaban J connectivity index is 2.11. The highest BCUT2D eigenvalue weighted by atomic mass is 16.5. The molecule has 1 N–H and O–H groups in total. The summed E-state index contributed by atoms with van der Waals surface area (Å²) in [5.74, 6) is 10.2. The van der Waals surface area contributed by atoms with Gasteiger partial charge in [-0.3, -0.25) is 9.59 Å². The van der Waals surface area contributed by atoms with E-state index >= 15 is 0 Å². The van der Waals surface area contributed by atoms with Gasteiger partial charge in [0, 0.05) is 31.1 Å². The number of esters is 1. The highest BCUT2D eigenvalue weighted by Gasteiger charge is 2.34. The normalized spacial score (nSPS) is 13.2. The number of methoxy groups -OCH3 is 1. The van der Waals surface area contributed by atoms with Crippen LogP contribution in [0.25, 0.3) is 0 Å². The van der Waals surface area contributed by atoms with Crippen LogP contribution in [0.15, 0.2) is 24.3 Å². The van der Waals surface area contributed by atoms with Gasteiger partial charge in [0.15, 0.2) is 0 Å². The molecule has 26 heavy (non-hydrogen) atoms. The number of rotatable bonds is 4. The van der Waals surface area contributed by atoms with E-state index in [2.05, 4.69) is 33.7 Å². The Kier molecular flexibility index (Phi) is 6.41. The zero-order chi connectivity index (χ0) is 19.1. The fourth-order valence-electron chi connectivity index (χ4n) is 2.18. The zero-order valence-electron chi connectivity index (χ0n) is 15.0. The number of ether oxygens (including phenoxy) is 1. The van der Waals surface area contributed by atoms with Gasteiger partial charge in [0.1, 0.15) is 0 Å². The Labute approximate surface area is 152 Å². The van der Waals surface area contributed by atoms with Crippen LogP contribution in [0.3, 0.4) is 0 Å². The van der Waals surface area contributed by atoms with Gasteiger partial charge in [-0.2, -0.15) is 0 Å². The third-order valence-electron chi connectivity index (χ3n) is 3.88. The standard InChI is InChI=1S/C20H20N2O4/c1-21-18(23)17(20(25)26-3)22(2)19(24)16-12-10-15(11-13-16)7-5-4-6-14-8-9-14/h10-14,17H,8-9H2,1-3H3,(H,21,23). The third-order valence-corrected chi connectivity index (χ3v) is 3.88. The molecule has 0 aliphatic heterocycles. The fourth-order valence-corrected chi connectivity index (χ4v) is 2.18. The topological polar surface area (TPSA) is 75.7 Å². The minimum atomic E-state index is -1.35. The second-order valence-electron chi connectivity index (χ2n) is 5.83. The van der Waals surface area contributed by atoms with Crippen molar-refractivity contribution in [3.63, 3.8) is 0 Å². The highest BCUT2D eigenvalue weighted by molar-refractivity contribution is 6.07. The van der Waals surface area contributed by atoms with Crippen LogP contribution in [0.1, 0.15) is 28.8 Å². The van der Waals surface area contributed by atoms with Gasteiger partial charge in [0.2, 0.25) is 6.04 Å². The maximum atomic E-state index is 12.6. The summed E-state index contributed by atoms with van der Waals surface area (Å²) in [6.07, 6.45) is 2.31. The minimum absolute atomic E-state index is 0.333.